The van der Waals surface area contributed by atoms with Gasteiger partial charge < -0.3 is 15.2 Å². The number of aryl methyl sites for hydroxylation is 2. The highest BCUT2D eigenvalue weighted by Gasteiger charge is 2.12. The van der Waals surface area contributed by atoms with Crippen molar-refractivity contribution >= 4 is 5.95 Å². The standard InChI is InChI=1S/C15H20N4O2/c1-5-8-20-14-17-13(16)18-15(19-14)21-12-10(3)7-6-9(2)11(12)4/h6-7H,5,8H2,1-4H3,(H2,16,17,18,19). The van der Waals surface area contributed by atoms with Crippen molar-refractivity contribution < 1.29 is 9.47 Å². The van der Waals surface area contributed by atoms with E-state index in [1.54, 1.807) is 0 Å². The Bertz CT molecular complexity index is 644. The summed E-state index contributed by atoms with van der Waals surface area (Å²) in [6, 6.07) is 4.37. The monoisotopic (exact) mass is 288 g/mol. The number of ether oxygens (including phenoxy) is 2. The van der Waals surface area contributed by atoms with E-state index in [0.717, 1.165) is 28.9 Å². The molecule has 0 radical (unpaired) electrons. The molecule has 0 aliphatic carbocycles. The van der Waals surface area contributed by atoms with Crippen molar-refractivity contribution in [3.8, 4) is 17.8 Å². The second-order valence-electron chi connectivity index (χ2n) is 4.86. The van der Waals surface area contributed by atoms with Crippen LogP contribution in [0.1, 0.15) is 30.0 Å². The van der Waals surface area contributed by atoms with Gasteiger partial charge in [0.05, 0.1) is 6.61 Å². The lowest BCUT2D eigenvalue weighted by molar-refractivity contribution is 0.285. The third-order valence-electron chi connectivity index (χ3n) is 3.11. The van der Waals surface area contributed by atoms with Crippen molar-refractivity contribution in [2.24, 2.45) is 0 Å². The predicted octanol–water partition coefficient (Wildman–Crippen LogP) is 2.96. The van der Waals surface area contributed by atoms with E-state index in [4.69, 9.17) is 15.2 Å². The number of benzene rings is 1. The molecular weight excluding hydrogens is 268 g/mol. The van der Waals surface area contributed by atoms with E-state index in [1.807, 2.05) is 33.8 Å². The van der Waals surface area contributed by atoms with Crippen molar-refractivity contribution in [2.45, 2.75) is 34.1 Å². The topological polar surface area (TPSA) is 83.2 Å². The van der Waals surface area contributed by atoms with Crippen LogP contribution in [0.4, 0.5) is 5.95 Å². The molecule has 2 aromatic rings. The van der Waals surface area contributed by atoms with Crippen molar-refractivity contribution in [1.29, 1.82) is 0 Å². The Labute approximate surface area is 124 Å². The van der Waals surface area contributed by atoms with Gasteiger partial charge in [-0.3, -0.25) is 0 Å². The number of nitrogens with two attached hydrogens (primary N) is 1. The molecule has 0 bridgehead atoms. The van der Waals surface area contributed by atoms with Gasteiger partial charge in [0.25, 0.3) is 0 Å². The lowest BCUT2D eigenvalue weighted by atomic mass is 10.1. The summed E-state index contributed by atoms with van der Waals surface area (Å²) >= 11 is 0. The van der Waals surface area contributed by atoms with Gasteiger partial charge in [-0.25, -0.2) is 0 Å². The molecule has 2 N–H and O–H groups in total. The first-order valence-electron chi connectivity index (χ1n) is 6.90. The van der Waals surface area contributed by atoms with Crippen LogP contribution in [0.25, 0.3) is 0 Å². The fraction of sp³-hybridized carbons (Fsp3) is 0.400. The minimum Gasteiger partial charge on any atom is -0.463 e. The van der Waals surface area contributed by atoms with E-state index in [2.05, 4.69) is 21.0 Å². The largest absolute Gasteiger partial charge is 0.463 e. The molecule has 0 aliphatic heterocycles. The zero-order chi connectivity index (χ0) is 15.4. The minimum atomic E-state index is 0.0778. The zero-order valence-corrected chi connectivity index (χ0v) is 12.8. The number of rotatable bonds is 5. The highest BCUT2D eigenvalue weighted by molar-refractivity contribution is 5.45. The summed E-state index contributed by atoms with van der Waals surface area (Å²) in [5, 5.41) is 0. The molecule has 0 spiro atoms. The van der Waals surface area contributed by atoms with Crippen molar-refractivity contribution in [1.82, 2.24) is 15.0 Å². The van der Waals surface area contributed by atoms with Gasteiger partial charge in [-0.15, -0.1) is 4.98 Å². The number of nitrogens with zero attached hydrogens (tertiary/aromatic N) is 3. The van der Waals surface area contributed by atoms with Crippen molar-refractivity contribution in [2.75, 3.05) is 12.3 Å². The van der Waals surface area contributed by atoms with Crippen LogP contribution in [0.2, 0.25) is 0 Å². The number of aromatic nitrogens is 3. The maximum atomic E-state index is 5.80. The quantitative estimate of drug-likeness (QED) is 0.910. The lowest BCUT2D eigenvalue weighted by Gasteiger charge is -2.12. The molecule has 0 saturated carbocycles. The lowest BCUT2D eigenvalue weighted by Crippen LogP contribution is -2.06. The Morgan fingerprint density at radius 1 is 1.00 bits per heavy atom. The smallest absolute Gasteiger partial charge is 0.330 e. The van der Waals surface area contributed by atoms with Crippen LogP contribution < -0.4 is 15.2 Å². The number of anilines is 1. The summed E-state index contributed by atoms with van der Waals surface area (Å²) in [4.78, 5) is 12.1. The van der Waals surface area contributed by atoms with Gasteiger partial charge in [-0.2, -0.15) is 9.97 Å². The van der Waals surface area contributed by atoms with Gasteiger partial charge in [0, 0.05) is 0 Å². The molecule has 0 unspecified atom stereocenters. The van der Waals surface area contributed by atoms with Crippen molar-refractivity contribution in [3.63, 3.8) is 0 Å². The van der Waals surface area contributed by atoms with Crippen LogP contribution in [-0.4, -0.2) is 21.6 Å². The Morgan fingerprint density at radius 2 is 1.67 bits per heavy atom. The summed E-state index contributed by atoms with van der Waals surface area (Å²) in [7, 11) is 0. The van der Waals surface area contributed by atoms with E-state index >= 15 is 0 Å². The molecule has 1 aromatic carbocycles. The maximum Gasteiger partial charge on any atom is 0.330 e. The highest BCUT2D eigenvalue weighted by atomic mass is 16.5. The van der Waals surface area contributed by atoms with Gasteiger partial charge in [0.1, 0.15) is 5.75 Å². The fourth-order valence-corrected chi connectivity index (χ4v) is 1.83. The third-order valence-corrected chi connectivity index (χ3v) is 3.11. The van der Waals surface area contributed by atoms with E-state index < -0.39 is 0 Å². The molecule has 0 atom stereocenters. The van der Waals surface area contributed by atoms with E-state index in [0.29, 0.717) is 6.61 Å². The maximum absolute atomic E-state index is 5.80. The predicted molar refractivity (Wildman–Crippen MR) is 80.8 cm³/mol. The molecule has 0 fully saturated rings. The number of hydrogen-bond acceptors (Lipinski definition) is 6. The number of hydrogen-bond donors (Lipinski definition) is 1. The second kappa shape index (κ2) is 6.39. The summed E-state index contributed by atoms with van der Waals surface area (Å²) in [5.41, 5.74) is 8.86. The first-order chi connectivity index (χ1) is 10.0. The molecule has 6 heteroatoms. The van der Waals surface area contributed by atoms with Crippen LogP contribution >= 0.6 is 0 Å². The Hall–Kier alpha value is -2.37. The summed E-state index contributed by atoms with van der Waals surface area (Å²) in [6.45, 7) is 8.52. The van der Waals surface area contributed by atoms with Crippen molar-refractivity contribution in [3.05, 3.63) is 28.8 Å². The molecule has 0 aliphatic rings. The highest BCUT2D eigenvalue weighted by Crippen LogP contribution is 2.29. The molecule has 21 heavy (non-hydrogen) atoms. The van der Waals surface area contributed by atoms with Gasteiger partial charge >= 0.3 is 12.0 Å². The average molecular weight is 288 g/mol. The van der Waals surface area contributed by atoms with Crippen LogP contribution in [0, 0.1) is 20.8 Å². The SMILES string of the molecule is CCCOc1nc(N)nc(Oc2c(C)ccc(C)c2C)n1. The molecule has 0 saturated heterocycles. The van der Waals surface area contributed by atoms with Crippen LogP contribution in [-0.2, 0) is 0 Å². The molecule has 1 aromatic heterocycles. The average Bonchev–Trinajstić information content (AvgIpc) is 2.45. The Kier molecular flexibility index (Phi) is 4.57. The van der Waals surface area contributed by atoms with E-state index in [9.17, 15) is 0 Å². The van der Waals surface area contributed by atoms with E-state index in [1.165, 1.54) is 0 Å². The van der Waals surface area contributed by atoms with Crippen LogP contribution in [0.3, 0.4) is 0 Å². The zero-order valence-electron chi connectivity index (χ0n) is 12.8. The first kappa shape index (κ1) is 15.0. The van der Waals surface area contributed by atoms with Crippen LogP contribution in [0.5, 0.6) is 17.8 Å². The van der Waals surface area contributed by atoms with Crippen LogP contribution in [0.15, 0.2) is 12.1 Å². The molecule has 2 rings (SSSR count). The minimum absolute atomic E-state index is 0.0778. The Morgan fingerprint density at radius 3 is 2.38 bits per heavy atom. The van der Waals surface area contributed by atoms with Gasteiger partial charge in [-0.05, 0) is 43.9 Å². The van der Waals surface area contributed by atoms with Gasteiger partial charge in [0.15, 0.2) is 0 Å². The summed E-state index contributed by atoms with van der Waals surface area (Å²) in [6.07, 6.45) is 0.859. The molecule has 0 amide bonds. The number of nitrogen functional groups attached to an aromatic ring is 1. The first-order valence-corrected chi connectivity index (χ1v) is 6.90. The molecule has 1 heterocycles. The summed E-state index contributed by atoms with van der Waals surface area (Å²) < 4.78 is 11.2. The molecular formula is C15H20N4O2. The van der Waals surface area contributed by atoms with Gasteiger partial charge in [-0.1, -0.05) is 19.1 Å². The van der Waals surface area contributed by atoms with Gasteiger partial charge in [0.2, 0.25) is 5.95 Å². The second-order valence-corrected chi connectivity index (χ2v) is 4.86. The Balaban J connectivity index is 2.31. The van der Waals surface area contributed by atoms with E-state index in [-0.39, 0.29) is 18.0 Å². The summed E-state index contributed by atoms with van der Waals surface area (Å²) in [5.74, 6) is 0.816. The normalized spacial score (nSPS) is 10.5. The third kappa shape index (κ3) is 3.59. The fourth-order valence-electron chi connectivity index (χ4n) is 1.83. The molecule has 6 nitrogen and oxygen atoms in total. The molecule has 112 valence electrons.